The molecule has 0 aliphatic heterocycles. The van der Waals surface area contributed by atoms with Crippen LogP contribution in [0.5, 0.6) is 5.75 Å². The van der Waals surface area contributed by atoms with E-state index in [1.165, 1.54) is 5.56 Å². The molecule has 0 aliphatic rings. The van der Waals surface area contributed by atoms with Crippen molar-refractivity contribution in [3.63, 3.8) is 0 Å². The molecule has 2 N–H and O–H groups in total. The Morgan fingerprint density at radius 2 is 1.86 bits per heavy atom. The molecule has 2 rings (SSSR count). The van der Waals surface area contributed by atoms with Gasteiger partial charge in [0.2, 0.25) is 0 Å². The second-order valence-corrected chi connectivity index (χ2v) is 5.71. The van der Waals surface area contributed by atoms with Gasteiger partial charge in [0.05, 0.1) is 13.2 Å². The number of hydrogen-bond acceptors (Lipinski definition) is 4. The van der Waals surface area contributed by atoms with Gasteiger partial charge in [-0.15, -0.1) is 0 Å². The van der Waals surface area contributed by atoms with Gasteiger partial charge in [-0.1, -0.05) is 32.0 Å². The summed E-state index contributed by atoms with van der Waals surface area (Å²) in [4.78, 5) is 4.04. The van der Waals surface area contributed by atoms with Crippen LogP contribution in [0.25, 0.3) is 0 Å². The number of ether oxygens (including phenoxy) is 1. The number of aliphatic hydroxyl groups is 1. The minimum atomic E-state index is -0.562. The third-order valence-electron chi connectivity index (χ3n) is 3.74. The molecule has 0 spiro atoms. The maximum Gasteiger partial charge on any atom is 0.118 e. The zero-order valence-corrected chi connectivity index (χ0v) is 13.4. The van der Waals surface area contributed by atoms with Crippen molar-refractivity contribution >= 4 is 0 Å². The molecular weight excluding hydrogens is 276 g/mol. The summed E-state index contributed by atoms with van der Waals surface area (Å²) >= 11 is 0. The Bertz CT molecular complexity index is 555. The normalized spacial score (nSPS) is 13.9. The van der Waals surface area contributed by atoms with Gasteiger partial charge in [-0.25, -0.2) is 0 Å². The standard InChI is InChI=1S/C18H24N2O2/c1-13(2)18(14-6-8-16(22-3)9-7-14)20-12-17(21)15-5-4-10-19-11-15/h4-11,13,17-18,20-21H,12H2,1-3H3. The molecule has 4 nitrogen and oxygen atoms in total. The minimum absolute atomic E-state index is 0.178. The van der Waals surface area contributed by atoms with E-state index in [2.05, 4.69) is 36.3 Å². The Balaban J connectivity index is 2.02. The number of benzene rings is 1. The fourth-order valence-corrected chi connectivity index (χ4v) is 2.48. The van der Waals surface area contributed by atoms with Crippen LogP contribution < -0.4 is 10.1 Å². The van der Waals surface area contributed by atoms with Crippen LogP contribution in [-0.2, 0) is 0 Å². The Morgan fingerprint density at radius 1 is 1.14 bits per heavy atom. The molecule has 1 aromatic heterocycles. The van der Waals surface area contributed by atoms with Crippen LogP contribution in [0.2, 0.25) is 0 Å². The lowest BCUT2D eigenvalue weighted by Crippen LogP contribution is -2.29. The number of methoxy groups -OCH3 is 1. The van der Waals surface area contributed by atoms with Gasteiger partial charge in [0.25, 0.3) is 0 Å². The van der Waals surface area contributed by atoms with Gasteiger partial charge in [-0.2, -0.15) is 0 Å². The van der Waals surface area contributed by atoms with Crippen LogP contribution in [0, 0.1) is 5.92 Å². The van der Waals surface area contributed by atoms with Gasteiger partial charge < -0.3 is 15.2 Å². The van der Waals surface area contributed by atoms with E-state index in [4.69, 9.17) is 4.74 Å². The summed E-state index contributed by atoms with van der Waals surface area (Å²) in [6.45, 7) is 4.82. The highest BCUT2D eigenvalue weighted by atomic mass is 16.5. The Labute approximate surface area is 132 Å². The van der Waals surface area contributed by atoms with Crippen LogP contribution in [0.3, 0.4) is 0 Å². The van der Waals surface area contributed by atoms with Crippen molar-refractivity contribution in [2.24, 2.45) is 5.92 Å². The van der Waals surface area contributed by atoms with Crippen LogP contribution in [-0.4, -0.2) is 23.7 Å². The first-order chi connectivity index (χ1) is 10.6. The number of nitrogens with zero attached hydrogens (tertiary/aromatic N) is 1. The molecular formula is C18H24N2O2. The average Bonchev–Trinajstić information content (AvgIpc) is 2.56. The first-order valence-corrected chi connectivity index (χ1v) is 7.57. The van der Waals surface area contributed by atoms with E-state index in [1.807, 2.05) is 24.3 Å². The predicted octanol–water partition coefficient (Wildman–Crippen LogP) is 3.11. The van der Waals surface area contributed by atoms with E-state index >= 15 is 0 Å². The van der Waals surface area contributed by atoms with Crippen molar-refractivity contribution in [1.29, 1.82) is 0 Å². The van der Waals surface area contributed by atoms with Crippen LogP contribution in [0.15, 0.2) is 48.8 Å². The maximum absolute atomic E-state index is 10.3. The van der Waals surface area contributed by atoms with Gasteiger partial charge in [-0.05, 0) is 29.7 Å². The molecule has 118 valence electrons. The lowest BCUT2D eigenvalue weighted by Gasteiger charge is -2.25. The van der Waals surface area contributed by atoms with E-state index in [9.17, 15) is 5.11 Å². The lowest BCUT2D eigenvalue weighted by atomic mass is 9.95. The van der Waals surface area contributed by atoms with E-state index in [1.54, 1.807) is 19.5 Å². The molecule has 2 atom stereocenters. The van der Waals surface area contributed by atoms with Gasteiger partial charge in [0.1, 0.15) is 5.75 Å². The maximum atomic E-state index is 10.3. The Morgan fingerprint density at radius 3 is 2.41 bits per heavy atom. The molecule has 0 bridgehead atoms. The fraction of sp³-hybridized carbons (Fsp3) is 0.389. The zero-order chi connectivity index (χ0) is 15.9. The predicted molar refractivity (Wildman–Crippen MR) is 87.8 cm³/mol. The molecule has 2 aromatic rings. The molecule has 2 unspecified atom stereocenters. The summed E-state index contributed by atoms with van der Waals surface area (Å²) in [5, 5.41) is 13.7. The minimum Gasteiger partial charge on any atom is -0.497 e. The highest BCUT2D eigenvalue weighted by Crippen LogP contribution is 2.24. The van der Waals surface area contributed by atoms with Crippen molar-refractivity contribution in [2.75, 3.05) is 13.7 Å². The van der Waals surface area contributed by atoms with Crippen molar-refractivity contribution < 1.29 is 9.84 Å². The quantitative estimate of drug-likeness (QED) is 0.825. The largest absolute Gasteiger partial charge is 0.497 e. The van der Waals surface area contributed by atoms with Gasteiger partial charge in [0.15, 0.2) is 0 Å². The molecule has 1 heterocycles. The average molecular weight is 300 g/mol. The lowest BCUT2D eigenvalue weighted by molar-refractivity contribution is 0.165. The number of hydrogen-bond donors (Lipinski definition) is 2. The molecule has 0 aliphatic carbocycles. The molecule has 0 saturated heterocycles. The summed E-state index contributed by atoms with van der Waals surface area (Å²) in [6.07, 6.45) is 2.84. The zero-order valence-electron chi connectivity index (χ0n) is 13.4. The number of aliphatic hydroxyl groups excluding tert-OH is 1. The van der Waals surface area contributed by atoms with Crippen molar-refractivity contribution in [1.82, 2.24) is 10.3 Å². The van der Waals surface area contributed by atoms with Crippen LogP contribution in [0.4, 0.5) is 0 Å². The number of nitrogens with one attached hydrogen (secondary N) is 1. The Hall–Kier alpha value is -1.91. The smallest absolute Gasteiger partial charge is 0.118 e. The number of pyridine rings is 1. The monoisotopic (exact) mass is 300 g/mol. The van der Waals surface area contributed by atoms with E-state index < -0.39 is 6.10 Å². The van der Waals surface area contributed by atoms with E-state index in [0.717, 1.165) is 11.3 Å². The molecule has 0 amide bonds. The summed E-state index contributed by atoms with van der Waals surface area (Å²) in [5.41, 5.74) is 2.02. The second kappa shape index (κ2) is 7.92. The van der Waals surface area contributed by atoms with Gasteiger partial charge in [0, 0.05) is 30.5 Å². The summed E-state index contributed by atoms with van der Waals surface area (Å²) in [7, 11) is 1.66. The molecule has 0 fully saturated rings. The number of rotatable bonds is 7. The van der Waals surface area contributed by atoms with Gasteiger partial charge >= 0.3 is 0 Å². The first-order valence-electron chi connectivity index (χ1n) is 7.57. The van der Waals surface area contributed by atoms with Gasteiger partial charge in [-0.3, -0.25) is 4.98 Å². The topological polar surface area (TPSA) is 54.4 Å². The highest BCUT2D eigenvalue weighted by molar-refractivity contribution is 5.29. The summed E-state index contributed by atoms with van der Waals surface area (Å²) in [5.74, 6) is 1.26. The fourth-order valence-electron chi connectivity index (χ4n) is 2.48. The molecule has 22 heavy (non-hydrogen) atoms. The molecule has 1 aromatic carbocycles. The Kier molecular flexibility index (Phi) is 5.92. The number of aromatic nitrogens is 1. The third-order valence-corrected chi connectivity index (χ3v) is 3.74. The summed E-state index contributed by atoms with van der Waals surface area (Å²) in [6, 6.07) is 11.9. The molecule has 0 saturated carbocycles. The van der Waals surface area contributed by atoms with E-state index in [-0.39, 0.29) is 6.04 Å². The highest BCUT2D eigenvalue weighted by Gasteiger charge is 2.17. The first kappa shape index (κ1) is 16.5. The second-order valence-electron chi connectivity index (χ2n) is 5.71. The summed E-state index contributed by atoms with van der Waals surface area (Å²) < 4.78 is 5.20. The van der Waals surface area contributed by atoms with Crippen molar-refractivity contribution in [2.45, 2.75) is 26.0 Å². The van der Waals surface area contributed by atoms with Crippen LogP contribution in [0.1, 0.15) is 37.1 Å². The molecule has 0 radical (unpaired) electrons. The van der Waals surface area contributed by atoms with Crippen molar-refractivity contribution in [3.8, 4) is 5.75 Å². The SMILES string of the molecule is COc1ccc(C(NCC(O)c2cccnc2)C(C)C)cc1. The van der Waals surface area contributed by atoms with E-state index in [0.29, 0.717) is 12.5 Å². The van der Waals surface area contributed by atoms with Crippen LogP contribution >= 0.6 is 0 Å². The third kappa shape index (κ3) is 4.29. The van der Waals surface area contributed by atoms with Crippen molar-refractivity contribution in [3.05, 3.63) is 59.9 Å². The molecule has 4 heteroatoms.